The molecule has 0 aliphatic rings. The van der Waals surface area contributed by atoms with E-state index in [2.05, 4.69) is 22.8 Å². The van der Waals surface area contributed by atoms with E-state index in [-0.39, 0.29) is 0 Å². The molecule has 0 bridgehead atoms. The molecule has 0 aliphatic heterocycles. The fourth-order valence-electron chi connectivity index (χ4n) is 2.02. The Balaban J connectivity index is 1.81. The van der Waals surface area contributed by atoms with Gasteiger partial charge in [-0.2, -0.15) is 0 Å². The van der Waals surface area contributed by atoms with Crippen LogP contribution in [0.4, 0.5) is 5.69 Å². The number of hydrogen-bond acceptors (Lipinski definition) is 2. The Morgan fingerprint density at radius 3 is 2.59 bits per heavy atom. The zero-order valence-electron chi connectivity index (χ0n) is 12.7. The summed E-state index contributed by atoms with van der Waals surface area (Å²) in [7, 11) is 1.67. The van der Waals surface area contributed by atoms with Crippen LogP contribution in [0.3, 0.4) is 0 Å². The van der Waals surface area contributed by atoms with Crippen molar-refractivity contribution < 1.29 is 4.74 Å². The molecular weight excluding hydrogens is 316 g/mol. The number of benzene rings is 2. The van der Waals surface area contributed by atoms with Gasteiger partial charge in [-0.1, -0.05) is 29.8 Å². The summed E-state index contributed by atoms with van der Waals surface area (Å²) in [5, 5.41) is 7.70. The molecule has 0 spiro atoms. The first kappa shape index (κ1) is 16.6. The zero-order valence-corrected chi connectivity index (χ0v) is 14.2. The van der Waals surface area contributed by atoms with E-state index in [0.29, 0.717) is 5.11 Å². The highest BCUT2D eigenvalue weighted by atomic mass is 35.5. The Hall–Kier alpha value is -1.78. The first-order valence-electron chi connectivity index (χ1n) is 7.03. The van der Waals surface area contributed by atoms with Gasteiger partial charge in [0.2, 0.25) is 0 Å². The molecule has 0 saturated carbocycles. The minimum absolute atomic E-state index is 0.596. The molecule has 5 heteroatoms. The van der Waals surface area contributed by atoms with Crippen molar-refractivity contribution in [1.29, 1.82) is 0 Å². The van der Waals surface area contributed by atoms with Crippen LogP contribution in [0.1, 0.15) is 11.1 Å². The second kappa shape index (κ2) is 8.01. The molecule has 2 N–H and O–H groups in total. The lowest BCUT2D eigenvalue weighted by Crippen LogP contribution is -2.30. The molecule has 0 atom stereocenters. The van der Waals surface area contributed by atoms with Gasteiger partial charge < -0.3 is 15.4 Å². The van der Waals surface area contributed by atoms with Gasteiger partial charge >= 0.3 is 0 Å². The molecule has 0 aromatic heterocycles. The predicted molar refractivity (Wildman–Crippen MR) is 97.1 cm³/mol. The van der Waals surface area contributed by atoms with Crippen LogP contribution < -0.4 is 15.4 Å². The average molecular weight is 335 g/mol. The fraction of sp³-hybridized carbons (Fsp3) is 0.235. The highest BCUT2D eigenvalue weighted by molar-refractivity contribution is 7.80. The number of hydrogen-bond donors (Lipinski definition) is 2. The largest absolute Gasteiger partial charge is 0.497 e. The van der Waals surface area contributed by atoms with Crippen LogP contribution in [0.15, 0.2) is 42.5 Å². The van der Waals surface area contributed by atoms with E-state index in [9.17, 15) is 0 Å². The van der Waals surface area contributed by atoms with Crippen LogP contribution in [0, 0.1) is 6.92 Å². The van der Waals surface area contributed by atoms with Crippen LogP contribution in [-0.2, 0) is 6.42 Å². The number of anilines is 1. The minimum Gasteiger partial charge on any atom is -0.497 e. The van der Waals surface area contributed by atoms with Gasteiger partial charge in [-0.05, 0) is 61.0 Å². The highest BCUT2D eigenvalue weighted by Gasteiger charge is 2.03. The van der Waals surface area contributed by atoms with E-state index >= 15 is 0 Å². The van der Waals surface area contributed by atoms with E-state index in [1.165, 1.54) is 5.56 Å². The van der Waals surface area contributed by atoms with Crippen molar-refractivity contribution in [3.05, 3.63) is 58.6 Å². The first-order chi connectivity index (χ1) is 10.6. The predicted octanol–water partition coefficient (Wildman–Crippen LogP) is 4.19. The van der Waals surface area contributed by atoms with Crippen molar-refractivity contribution in [1.82, 2.24) is 5.32 Å². The summed E-state index contributed by atoms with van der Waals surface area (Å²) < 4.78 is 5.14. The van der Waals surface area contributed by atoms with Crippen LogP contribution in [-0.4, -0.2) is 18.8 Å². The first-order valence-corrected chi connectivity index (χ1v) is 7.81. The maximum Gasteiger partial charge on any atom is 0.170 e. The summed E-state index contributed by atoms with van der Waals surface area (Å²) in [6.45, 7) is 2.72. The van der Waals surface area contributed by atoms with Gasteiger partial charge in [0.05, 0.1) is 7.11 Å². The van der Waals surface area contributed by atoms with Crippen molar-refractivity contribution in [2.75, 3.05) is 19.0 Å². The second-order valence-corrected chi connectivity index (χ2v) is 5.71. The molecule has 0 saturated heterocycles. The second-order valence-electron chi connectivity index (χ2n) is 4.89. The number of nitrogens with one attached hydrogen (secondary N) is 2. The lowest BCUT2D eigenvalue weighted by molar-refractivity contribution is 0.414. The molecule has 2 aromatic rings. The zero-order chi connectivity index (χ0) is 15.9. The van der Waals surface area contributed by atoms with Gasteiger partial charge in [0.1, 0.15) is 5.75 Å². The number of halogens is 1. The van der Waals surface area contributed by atoms with Gasteiger partial charge in [0.25, 0.3) is 0 Å². The normalized spacial score (nSPS) is 10.1. The van der Waals surface area contributed by atoms with Crippen molar-refractivity contribution in [2.24, 2.45) is 0 Å². The van der Waals surface area contributed by atoms with E-state index in [0.717, 1.165) is 35.0 Å². The van der Waals surface area contributed by atoms with Gasteiger partial charge in [0, 0.05) is 17.3 Å². The molecule has 2 aromatic carbocycles. The lowest BCUT2D eigenvalue weighted by Gasteiger charge is -2.13. The molecule has 0 unspecified atom stereocenters. The molecule has 2 rings (SSSR count). The summed E-state index contributed by atoms with van der Waals surface area (Å²) in [5.41, 5.74) is 3.15. The maximum atomic E-state index is 6.09. The highest BCUT2D eigenvalue weighted by Crippen LogP contribution is 2.22. The average Bonchev–Trinajstić information content (AvgIpc) is 2.52. The molecule has 0 amide bonds. The Morgan fingerprint density at radius 1 is 1.18 bits per heavy atom. The van der Waals surface area contributed by atoms with E-state index < -0.39 is 0 Å². The molecule has 3 nitrogen and oxygen atoms in total. The Labute approximate surface area is 141 Å². The van der Waals surface area contributed by atoms with Crippen molar-refractivity contribution in [3.63, 3.8) is 0 Å². The Bertz CT molecular complexity index is 644. The number of rotatable bonds is 5. The molecule has 0 heterocycles. The van der Waals surface area contributed by atoms with E-state index in [4.69, 9.17) is 28.6 Å². The molecule has 0 aliphatic carbocycles. The molecule has 0 fully saturated rings. The monoisotopic (exact) mass is 334 g/mol. The third-order valence-electron chi connectivity index (χ3n) is 3.37. The van der Waals surface area contributed by atoms with E-state index in [1.54, 1.807) is 7.11 Å². The van der Waals surface area contributed by atoms with Gasteiger partial charge in [-0.25, -0.2) is 0 Å². The van der Waals surface area contributed by atoms with Crippen molar-refractivity contribution in [2.45, 2.75) is 13.3 Å². The molecule has 22 heavy (non-hydrogen) atoms. The van der Waals surface area contributed by atoms with Crippen molar-refractivity contribution in [3.8, 4) is 5.75 Å². The molecule has 0 radical (unpaired) electrons. The van der Waals surface area contributed by atoms with Crippen LogP contribution in [0.2, 0.25) is 5.02 Å². The Kier molecular flexibility index (Phi) is 6.04. The third-order valence-corrected chi connectivity index (χ3v) is 4.03. The molecular formula is C17H19ClN2OS. The SMILES string of the molecule is COc1ccc(CCNC(=S)Nc2cccc(Cl)c2C)cc1. The Morgan fingerprint density at radius 2 is 1.91 bits per heavy atom. The third kappa shape index (κ3) is 4.61. The number of ether oxygens (including phenoxy) is 1. The van der Waals surface area contributed by atoms with E-state index in [1.807, 2.05) is 37.3 Å². The van der Waals surface area contributed by atoms with Crippen LogP contribution in [0.5, 0.6) is 5.75 Å². The summed E-state index contributed by atoms with van der Waals surface area (Å²) in [5.74, 6) is 0.866. The lowest BCUT2D eigenvalue weighted by atomic mass is 10.1. The number of methoxy groups -OCH3 is 1. The minimum atomic E-state index is 0.596. The van der Waals surface area contributed by atoms with Gasteiger partial charge in [0.15, 0.2) is 5.11 Å². The van der Waals surface area contributed by atoms with Crippen LogP contribution >= 0.6 is 23.8 Å². The molecule has 116 valence electrons. The van der Waals surface area contributed by atoms with Gasteiger partial charge in [-0.3, -0.25) is 0 Å². The maximum absolute atomic E-state index is 6.09. The number of thiocarbonyl (C=S) groups is 1. The van der Waals surface area contributed by atoms with Gasteiger partial charge in [-0.15, -0.1) is 0 Å². The van der Waals surface area contributed by atoms with Crippen molar-refractivity contribution >= 4 is 34.6 Å². The summed E-state index contributed by atoms with van der Waals surface area (Å²) in [4.78, 5) is 0. The van der Waals surface area contributed by atoms with Crippen LogP contribution in [0.25, 0.3) is 0 Å². The standard InChI is InChI=1S/C17H19ClN2OS/c1-12-15(18)4-3-5-16(12)20-17(22)19-11-10-13-6-8-14(21-2)9-7-13/h3-9H,10-11H2,1-2H3,(H2,19,20,22). The summed E-state index contributed by atoms with van der Waals surface area (Å²) in [6, 6.07) is 13.7. The fourth-order valence-corrected chi connectivity index (χ4v) is 2.41. The smallest absolute Gasteiger partial charge is 0.170 e. The summed E-state index contributed by atoms with van der Waals surface area (Å²) >= 11 is 11.4. The quantitative estimate of drug-likeness (QED) is 0.803. The summed E-state index contributed by atoms with van der Waals surface area (Å²) in [6.07, 6.45) is 0.889. The topological polar surface area (TPSA) is 33.3 Å².